The van der Waals surface area contributed by atoms with E-state index in [2.05, 4.69) is 41.5 Å². The monoisotopic (exact) mass is 330 g/mol. The highest BCUT2D eigenvalue weighted by molar-refractivity contribution is 4.70. The molecule has 1 rings (SSSR count). The van der Waals surface area contributed by atoms with Crippen molar-refractivity contribution in [1.82, 2.24) is 0 Å². The van der Waals surface area contributed by atoms with Gasteiger partial charge in [-0.3, -0.25) is 0 Å². The van der Waals surface area contributed by atoms with Gasteiger partial charge in [-0.25, -0.2) is 19.6 Å². The number of rotatable bonds is 11. The van der Waals surface area contributed by atoms with Crippen LogP contribution in [0.1, 0.15) is 99.3 Å². The quantitative estimate of drug-likeness (QED) is 0.266. The van der Waals surface area contributed by atoms with Gasteiger partial charge < -0.3 is 0 Å². The van der Waals surface area contributed by atoms with E-state index in [-0.39, 0.29) is 11.2 Å². The second-order valence-electron chi connectivity index (χ2n) is 8.14. The maximum atomic E-state index is 5.73. The molecule has 1 aliphatic rings. The third-order valence-corrected chi connectivity index (χ3v) is 4.48. The van der Waals surface area contributed by atoms with Crippen LogP contribution in [-0.2, 0) is 19.6 Å². The van der Waals surface area contributed by atoms with E-state index in [0.717, 1.165) is 38.5 Å². The predicted molar refractivity (Wildman–Crippen MR) is 92.7 cm³/mol. The molecule has 0 aromatic carbocycles. The Morgan fingerprint density at radius 1 is 0.783 bits per heavy atom. The van der Waals surface area contributed by atoms with E-state index < -0.39 is 6.29 Å². The SMILES string of the molecule is CCCC(C)(C)OOC(OOC(C)(C)CCC)C1CCCCC1. The summed E-state index contributed by atoms with van der Waals surface area (Å²) in [6.45, 7) is 12.5. The van der Waals surface area contributed by atoms with Crippen molar-refractivity contribution in [3.8, 4) is 0 Å². The summed E-state index contributed by atoms with van der Waals surface area (Å²) in [5.41, 5.74) is -0.603. The molecule has 0 aromatic rings. The normalized spacial score (nSPS) is 17.9. The topological polar surface area (TPSA) is 36.9 Å². The molecule has 4 nitrogen and oxygen atoms in total. The summed E-state index contributed by atoms with van der Waals surface area (Å²) in [6.07, 6.45) is 9.56. The molecular formula is C19H38O4. The number of hydrogen-bond acceptors (Lipinski definition) is 4. The van der Waals surface area contributed by atoms with Crippen LogP contribution in [0, 0.1) is 5.92 Å². The van der Waals surface area contributed by atoms with Crippen molar-refractivity contribution in [3.63, 3.8) is 0 Å². The van der Waals surface area contributed by atoms with Gasteiger partial charge in [0.05, 0.1) is 11.2 Å². The highest BCUT2D eigenvalue weighted by atomic mass is 17.3. The minimum absolute atomic E-state index is 0.302. The lowest BCUT2D eigenvalue weighted by Crippen LogP contribution is -2.36. The molecule has 0 spiro atoms. The van der Waals surface area contributed by atoms with Crippen molar-refractivity contribution in [3.05, 3.63) is 0 Å². The maximum absolute atomic E-state index is 5.73. The molecule has 1 aliphatic carbocycles. The largest absolute Gasteiger partial charge is 0.228 e. The highest BCUT2D eigenvalue weighted by Gasteiger charge is 2.32. The summed E-state index contributed by atoms with van der Waals surface area (Å²) in [7, 11) is 0. The summed E-state index contributed by atoms with van der Waals surface area (Å²) in [4.78, 5) is 22.9. The Bertz CT molecular complexity index is 286. The van der Waals surface area contributed by atoms with E-state index in [1.165, 1.54) is 19.3 Å². The van der Waals surface area contributed by atoms with Crippen molar-refractivity contribution in [2.75, 3.05) is 0 Å². The summed E-state index contributed by atoms with van der Waals surface area (Å²) in [6, 6.07) is 0. The van der Waals surface area contributed by atoms with E-state index in [1.54, 1.807) is 0 Å². The zero-order valence-electron chi connectivity index (χ0n) is 16.2. The molecule has 0 unspecified atom stereocenters. The molecule has 0 aromatic heterocycles. The van der Waals surface area contributed by atoms with Crippen molar-refractivity contribution in [1.29, 1.82) is 0 Å². The lowest BCUT2D eigenvalue weighted by Gasteiger charge is -2.33. The van der Waals surface area contributed by atoms with Gasteiger partial charge in [0.15, 0.2) is 0 Å². The number of hydrogen-bond donors (Lipinski definition) is 0. The van der Waals surface area contributed by atoms with Crippen LogP contribution in [0.5, 0.6) is 0 Å². The average molecular weight is 331 g/mol. The molecule has 138 valence electrons. The summed E-state index contributed by atoms with van der Waals surface area (Å²) in [5.74, 6) is 0.346. The molecule has 4 heteroatoms. The van der Waals surface area contributed by atoms with Crippen LogP contribution < -0.4 is 0 Å². The van der Waals surface area contributed by atoms with Gasteiger partial charge in [-0.1, -0.05) is 46.0 Å². The third kappa shape index (κ3) is 8.48. The molecule has 0 amide bonds. The second kappa shape index (κ2) is 9.97. The predicted octanol–water partition coefficient (Wildman–Crippen LogP) is 5.95. The molecule has 1 fully saturated rings. The third-order valence-electron chi connectivity index (χ3n) is 4.48. The average Bonchev–Trinajstić information content (AvgIpc) is 2.48. The Morgan fingerprint density at radius 3 is 1.61 bits per heavy atom. The van der Waals surface area contributed by atoms with Crippen molar-refractivity contribution in [2.24, 2.45) is 5.92 Å². The van der Waals surface area contributed by atoms with Gasteiger partial charge >= 0.3 is 0 Å². The maximum Gasteiger partial charge on any atom is 0.227 e. The summed E-state index contributed by atoms with van der Waals surface area (Å²) in [5, 5.41) is 0. The first-order valence-corrected chi connectivity index (χ1v) is 9.48. The van der Waals surface area contributed by atoms with E-state index in [4.69, 9.17) is 19.6 Å². The molecule has 23 heavy (non-hydrogen) atoms. The van der Waals surface area contributed by atoms with Crippen LogP contribution in [0.3, 0.4) is 0 Å². The van der Waals surface area contributed by atoms with Crippen LogP contribution in [0.25, 0.3) is 0 Å². The molecule has 0 atom stereocenters. The van der Waals surface area contributed by atoms with E-state index >= 15 is 0 Å². The zero-order chi connectivity index (χ0) is 17.3. The van der Waals surface area contributed by atoms with Crippen molar-refractivity contribution >= 4 is 0 Å². The molecule has 0 radical (unpaired) electrons. The Balaban J connectivity index is 2.58. The summed E-state index contributed by atoms with van der Waals surface area (Å²) < 4.78 is 0. The fraction of sp³-hybridized carbons (Fsp3) is 1.00. The fourth-order valence-corrected chi connectivity index (χ4v) is 3.22. The van der Waals surface area contributed by atoms with Gasteiger partial charge in [-0.2, -0.15) is 0 Å². The standard InChI is InChI=1S/C19H38O4/c1-7-14-18(3,4)22-20-17(16-12-10-9-11-13-16)21-23-19(5,6)15-8-2/h16-17H,7-15H2,1-6H3. The lowest BCUT2D eigenvalue weighted by molar-refractivity contribution is -0.510. The van der Waals surface area contributed by atoms with Gasteiger partial charge in [0.25, 0.3) is 0 Å². The van der Waals surface area contributed by atoms with Crippen LogP contribution >= 0.6 is 0 Å². The van der Waals surface area contributed by atoms with Crippen LogP contribution in [-0.4, -0.2) is 17.5 Å². The Morgan fingerprint density at radius 2 is 1.22 bits per heavy atom. The fourth-order valence-electron chi connectivity index (χ4n) is 3.22. The first-order chi connectivity index (χ1) is 10.8. The second-order valence-corrected chi connectivity index (χ2v) is 8.14. The van der Waals surface area contributed by atoms with Gasteiger partial charge in [0, 0.05) is 5.92 Å². The zero-order valence-corrected chi connectivity index (χ0v) is 16.2. The van der Waals surface area contributed by atoms with Gasteiger partial charge in [-0.15, -0.1) is 0 Å². The first-order valence-electron chi connectivity index (χ1n) is 9.48. The molecule has 0 saturated heterocycles. The molecule has 1 saturated carbocycles. The summed E-state index contributed by atoms with van der Waals surface area (Å²) >= 11 is 0. The Kier molecular flexibility index (Phi) is 9.06. The molecule has 0 aliphatic heterocycles. The Hall–Kier alpha value is -0.160. The van der Waals surface area contributed by atoms with Crippen LogP contribution in [0.2, 0.25) is 0 Å². The molecular weight excluding hydrogens is 292 g/mol. The lowest BCUT2D eigenvalue weighted by atomic mass is 9.89. The molecule has 0 bridgehead atoms. The van der Waals surface area contributed by atoms with E-state index in [0.29, 0.717) is 5.92 Å². The van der Waals surface area contributed by atoms with E-state index in [1.807, 2.05) is 0 Å². The van der Waals surface area contributed by atoms with Gasteiger partial charge in [0.1, 0.15) is 0 Å². The smallest absolute Gasteiger partial charge is 0.227 e. The van der Waals surface area contributed by atoms with Crippen molar-refractivity contribution < 1.29 is 19.6 Å². The van der Waals surface area contributed by atoms with Gasteiger partial charge in [-0.05, 0) is 53.4 Å². The van der Waals surface area contributed by atoms with Crippen LogP contribution in [0.4, 0.5) is 0 Å². The van der Waals surface area contributed by atoms with Crippen molar-refractivity contribution in [2.45, 2.75) is 117 Å². The van der Waals surface area contributed by atoms with Gasteiger partial charge in [0.2, 0.25) is 6.29 Å². The van der Waals surface area contributed by atoms with Crippen LogP contribution in [0.15, 0.2) is 0 Å². The molecule has 0 heterocycles. The van der Waals surface area contributed by atoms with E-state index in [9.17, 15) is 0 Å². The first kappa shape index (κ1) is 20.9. The highest BCUT2D eigenvalue weighted by Crippen LogP contribution is 2.31. The minimum atomic E-state index is -0.442. The molecule has 0 N–H and O–H groups in total. The Labute approximate surface area is 143 Å². The minimum Gasteiger partial charge on any atom is -0.228 e.